The lowest BCUT2D eigenvalue weighted by Gasteiger charge is -2.00. The summed E-state index contributed by atoms with van der Waals surface area (Å²) in [5.74, 6) is 0. The number of rotatable bonds is 2. The quantitative estimate of drug-likeness (QED) is 0.492. The highest BCUT2D eigenvalue weighted by Gasteiger charge is 1.96. The monoisotopic (exact) mass is 149 g/mol. The van der Waals surface area contributed by atoms with Crippen LogP contribution in [0.1, 0.15) is 12.5 Å². The van der Waals surface area contributed by atoms with E-state index in [9.17, 15) is 0 Å². The van der Waals surface area contributed by atoms with Gasteiger partial charge in [0.15, 0.2) is 0 Å². The van der Waals surface area contributed by atoms with Crippen molar-refractivity contribution in [3.8, 4) is 0 Å². The van der Waals surface area contributed by atoms with Crippen molar-refractivity contribution in [3.05, 3.63) is 23.8 Å². The van der Waals surface area contributed by atoms with E-state index in [4.69, 9.17) is 11.3 Å². The molecule has 0 aliphatic rings. The predicted molar refractivity (Wildman–Crippen MR) is 45.0 cm³/mol. The molecule has 0 aromatic heterocycles. The summed E-state index contributed by atoms with van der Waals surface area (Å²) in [6, 6.07) is 5.55. The molecule has 3 N–H and O–H groups in total. The molecule has 0 unspecified atom stereocenters. The molecule has 0 aliphatic carbocycles. The smallest absolute Gasteiger partial charge is 0.108 e. The molecule has 3 heteroatoms. The minimum absolute atomic E-state index is 0.544. The Kier molecular flexibility index (Phi) is 2.21. The van der Waals surface area contributed by atoms with Crippen LogP contribution in [-0.4, -0.2) is 0 Å². The van der Waals surface area contributed by atoms with Crippen LogP contribution in [0, 0.1) is 5.53 Å². The maximum absolute atomic E-state index is 6.76. The Balaban J connectivity index is 3.09. The third-order valence-corrected chi connectivity index (χ3v) is 1.62. The molecule has 0 fully saturated rings. The van der Waals surface area contributed by atoms with Crippen LogP contribution in [0.25, 0.3) is 0 Å². The van der Waals surface area contributed by atoms with E-state index in [1.54, 1.807) is 6.07 Å². The average molecular weight is 149 g/mol. The van der Waals surface area contributed by atoms with E-state index in [0.717, 1.165) is 6.42 Å². The molecule has 3 nitrogen and oxygen atoms in total. The molecular weight excluding hydrogens is 138 g/mol. The molecule has 1 aromatic carbocycles. The van der Waals surface area contributed by atoms with Crippen LogP contribution in [0.15, 0.2) is 23.3 Å². The van der Waals surface area contributed by atoms with Crippen molar-refractivity contribution in [2.45, 2.75) is 13.3 Å². The Morgan fingerprint density at radius 3 is 2.73 bits per heavy atom. The van der Waals surface area contributed by atoms with Gasteiger partial charge in [-0.2, -0.15) is 5.11 Å². The average Bonchev–Trinajstić information content (AvgIpc) is 2.04. The molecule has 1 aromatic rings. The largest absolute Gasteiger partial charge is 0.397 e. The fourth-order valence-electron chi connectivity index (χ4n) is 0.926. The van der Waals surface area contributed by atoms with Crippen molar-refractivity contribution >= 4 is 11.4 Å². The minimum Gasteiger partial charge on any atom is -0.397 e. The van der Waals surface area contributed by atoms with E-state index in [1.807, 2.05) is 12.1 Å². The number of nitrogens with zero attached hydrogens (tertiary/aromatic N) is 1. The molecule has 0 atom stereocenters. The number of hydrogen-bond donors (Lipinski definition) is 2. The van der Waals surface area contributed by atoms with Gasteiger partial charge in [-0.25, -0.2) is 5.53 Å². The van der Waals surface area contributed by atoms with Gasteiger partial charge in [-0.3, -0.25) is 0 Å². The van der Waals surface area contributed by atoms with E-state index < -0.39 is 0 Å². The molecule has 0 radical (unpaired) electrons. The summed E-state index contributed by atoms with van der Waals surface area (Å²) in [7, 11) is 0. The molecule has 11 heavy (non-hydrogen) atoms. The second kappa shape index (κ2) is 3.14. The molecule has 0 saturated heterocycles. The Hall–Kier alpha value is -1.38. The zero-order valence-corrected chi connectivity index (χ0v) is 6.46. The number of aryl methyl sites for hydroxylation is 1. The zero-order chi connectivity index (χ0) is 8.27. The topological polar surface area (TPSA) is 62.2 Å². The van der Waals surface area contributed by atoms with Crippen LogP contribution in [0.3, 0.4) is 0 Å². The molecule has 58 valence electrons. The predicted octanol–water partition coefficient (Wildman–Crippen LogP) is 2.49. The van der Waals surface area contributed by atoms with Gasteiger partial charge in [0.25, 0.3) is 0 Å². The third-order valence-electron chi connectivity index (χ3n) is 1.62. The zero-order valence-electron chi connectivity index (χ0n) is 6.46. The van der Waals surface area contributed by atoms with Gasteiger partial charge < -0.3 is 5.73 Å². The summed E-state index contributed by atoms with van der Waals surface area (Å²) in [6.45, 7) is 2.06. The number of nitrogens with two attached hydrogens (primary N) is 1. The summed E-state index contributed by atoms with van der Waals surface area (Å²) >= 11 is 0. The van der Waals surface area contributed by atoms with Gasteiger partial charge in [0.05, 0.1) is 5.69 Å². The first-order valence-corrected chi connectivity index (χ1v) is 3.53. The summed E-state index contributed by atoms with van der Waals surface area (Å²) < 4.78 is 0. The van der Waals surface area contributed by atoms with Crippen LogP contribution in [0.5, 0.6) is 0 Å². The first-order chi connectivity index (χ1) is 5.27. The highest BCUT2D eigenvalue weighted by molar-refractivity contribution is 5.62. The van der Waals surface area contributed by atoms with E-state index in [-0.39, 0.29) is 0 Å². The summed E-state index contributed by atoms with van der Waals surface area (Å²) in [4.78, 5) is 0. The number of nitrogens with one attached hydrogen (secondary N) is 1. The van der Waals surface area contributed by atoms with E-state index in [2.05, 4.69) is 12.0 Å². The van der Waals surface area contributed by atoms with Gasteiger partial charge in [-0.15, -0.1) is 0 Å². The van der Waals surface area contributed by atoms with Gasteiger partial charge in [0, 0.05) is 0 Å². The van der Waals surface area contributed by atoms with Gasteiger partial charge >= 0.3 is 0 Å². The Morgan fingerprint density at radius 1 is 1.55 bits per heavy atom. The van der Waals surface area contributed by atoms with E-state index >= 15 is 0 Å². The van der Waals surface area contributed by atoms with Gasteiger partial charge in [-0.05, 0) is 24.1 Å². The van der Waals surface area contributed by atoms with Crippen molar-refractivity contribution in [2.75, 3.05) is 5.73 Å². The Bertz CT molecular complexity index is 268. The van der Waals surface area contributed by atoms with Crippen molar-refractivity contribution in [3.63, 3.8) is 0 Å². The first kappa shape index (κ1) is 7.72. The molecule has 0 spiro atoms. The van der Waals surface area contributed by atoms with Gasteiger partial charge in [-0.1, -0.05) is 13.0 Å². The number of hydrogen-bond acceptors (Lipinski definition) is 3. The number of anilines is 1. The second-order valence-electron chi connectivity index (χ2n) is 2.36. The van der Waals surface area contributed by atoms with Crippen molar-refractivity contribution in [1.82, 2.24) is 0 Å². The van der Waals surface area contributed by atoms with E-state index in [0.29, 0.717) is 11.4 Å². The molecule has 1 rings (SSSR count). The fourth-order valence-corrected chi connectivity index (χ4v) is 0.926. The van der Waals surface area contributed by atoms with Crippen LogP contribution in [-0.2, 0) is 6.42 Å². The molecular formula is C8H11N3. The Morgan fingerprint density at radius 2 is 2.27 bits per heavy atom. The van der Waals surface area contributed by atoms with Crippen LogP contribution in [0.2, 0.25) is 0 Å². The first-order valence-electron chi connectivity index (χ1n) is 3.53. The third kappa shape index (κ3) is 1.55. The summed E-state index contributed by atoms with van der Waals surface area (Å²) in [5.41, 5.74) is 14.7. The molecule has 0 bridgehead atoms. The molecule has 0 heterocycles. The highest BCUT2D eigenvalue weighted by Crippen LogP contribution is 2.22. The Labute approximate surface area is 65.7 Å². The second-order valence-corrected chi connectivity index (χ2v) is 2.36. The normalized spacial score (nSPS) is 9.55. The maximum atomic E-state index is 6.76. The van der Waals surface area contributed by atoms with Crippen LogP contribution < -0.4 is 5.73 Å². The number of nitrogen functional groups attached to an aromatic ring is 1. The molecule has 0 amide bonds. The number of benzene rings is 1. The van der Waals surface area contributed by atoms with Gasteiger partial charge in [0.1, 0.15) is 5.69 Å². The van der Waals surface area contributed by atoms with E-state index in [1.165, 1.54) is 5.56 Å². The van der Waals surface area contributed by atoms with Gasteiger partial charge in [0.2, 0.25) is 0 Å². The van der Waals surface area contributed by atoms with Crippen LogP contribution >= 0.6 is 0 Å². The summed E-state index contributed by atoms with van der Waals surface area (Å²) in [6.07, 6.45) is 0.961. The lowest BCUT2D eigenvalue weighted by atomic mass is 10.1. The fraction of sp³-hybridized carbons (Fsp3) is 0.250. The van der Waals surface area contributed by atoms with Crippen molar-refractivity contribution in [1.29, 1.82) is 5.53 Å². The highest BCUT2D eigenvalue weighted by atomic mass is 15.0. The maximum Gasteiger partial charge on any atom is 0.108 e. The SMILES string of the molecule is CCc1ccc(N=N)c(N)c1. The van der Waals surface area contributed by atoms with Crippen molar-refractivity contribution in [2.24, 2.45) is 5.11 Å². The lowest BCUT2D eigenvalue weighted by molar-refractivity contribution is 1.12. The summed E-state index contributed by atoms with van der Waals surface area (Å²) in [5, 5.41) is 3.27. The van der Waals surface area contributed by atoms with Crippen LogP contribution in [0.4, 0.5) is 11.4 Å². The molecule has 0 saturated carbocycles. The minimum atomic E-state index is 0.544. The lowest BCUT2D eigenvalue weighted by Crippen LogP contribution is -1.87. The standard InChI is InChI=1S/C8H11N3/c1-2-6-3-4-8(11-10)7(9)5-6/h3-5,10H,2,9H2,1H3. The van der Waals surface area contributed by atoms with Crippen molar-refractivity contribution < 1.29 is 0 Å². The molecule has 0 aliphatic heterocycles.